The lowest BCUT2D eigenvalue weighted by Crippen LogP contribution is -2.46. The van der Waals surface area contributed by atoms with Crippen molar-refractivity contribution < 1.29 is 9.53 Å². The van der Waals surface area contributed by atoms with Gasteiger partial charge in [0.15, 0.2) is 0 Å². The van der Waals surface area contributed by atoms with Crippen LogP contribution in [0.1, 0.15) is 12.8 Å². The van der Waals surface area contributed by atoms with Gasteiger partial charge in [0.25, 0.3) is 0 Å². The largest absolute Gasteiger partial charge is 0.494 e. The Bertz CT molecular complexity index is 408. The Kier molecular flexibility index (Phi) is 8.25. The first-order chi connectivity index (χ1) is 9.25. The van der Waals surface area contributed by atoms with Gasteiger partial charge in [0.05, 0.1) is 6.61 Å². The predicted octanol–water partition coefficient (Wildman–Crippen LogP) is 2.30. The van der Waals surface area contributed by atoms with Gasteiger partial charge in [-0.3, -0.25) is 4.79 Å². The van der Waals surface area contributed by atoms with E-state index in [1.807, 2.05) is 29.2 Å². The molecule has 112 valence electrons. The van der Waals surface area contributed by atoms with Gasteiger partial charge < -0.3 is 15.0 Å². The minimum atomic E-state index is 0. The van der Waals surface area contributed by atoms with Crippen LogP contribution in [0.4, 0.5) is 0 Å². The number of hydrogen-bond acceptors (Lipinski definition) is 3. The predicted molar refractivity (Wildman–Crippen MR) is 90.6 cm³/mol. The quantitative estimate of drug-likeness (QED) is 0.598. The number of benzene rings is 1. The molecule has 1 fully saturated rings. The molecular weight excluding hydrogens is 391 g/mol. The first-order valence-corrected chi connectivity index (χ1v) is 7.70. The van der Waals surface area contributed by atoms with Crippen molar-refractivity contribution in [2.45, 2.75) is 12.8 Å². The molecule has 0 spiro atoms. The summed E-state index contributed by atoms with van der Waals surface area (Å²) in [6.07, 6.45) is 1.35. The molecule has 0 aromatic heterocycles. The van der Waals surface area contributed by atoms with Crippen molar-refractivity contribution in [3.8, 4) is 5.75 Å². The fourth-order valence-electron chi connectivity index (χ4n) is 2.02. The Morgan fingerprint density at radius 1 is 1.25 bits per heavy atom. The van der Waals surface area contributed by atoms with Crippen molar-refractivity contribution >= 4 is 40.9 Å². The van der Waals surface area contributed by atoms with E-state index in [-0.39, 0.29) is 18.3 Å². The van der Waals surface area contributed by atoms with Crippen molar-refractivity contribution in [1.29, 1.82) is 0 Å². The standard InChI is InChI=1S/C14H19IN2O2.ClH/c15-12-3-5-13(6-4-12)19-11-1-2-14(18)17-9-7-16-8-10-17;/h3-6,16H,1-2,7-11H2;1H. The van der Waals surface area contributed by atoms with Gasteiger partial charge in [0, 0.05) is 36.2 Å². The average molecular weight is 411 g/mol. The summed E-state index contributed by atoms with van der Waals surface area (Å²) in [5, 5.41) is 3.24. The number of carbonyl (C=O) groups is 1. The molecule has 1 saturated heterocycles. The molecule has 0 atom stereocenters. The van der Waals surface area contributed by atoms with Crippen molar-refractivity contribution in [2.24, 2.45) is 0 Å². The first kappa shape index (κ1) is 17.5. The molecule has 20 heavy (non-hydrogen) atoms. The summed E-state index contributed by atoms with van der Waals surface area (Å²) in [5.41, 5.74) is 0. The maximum atomic E-state index is 11.9. The molecule has 1 aromatic carbocycles. The zero-order valence-electron chi connectivity index (χ0n) is 11.3. The first-order valence-electron chi connectivity index (χ1n) is 6.62. The lowest BCUT2D eigenvalue weighted by Gasteiger charge is -2.27. The maximum Gasteiger partial charge on any atom is 0.222 e. The third-order valence-corrected chi connectivity index (χ3v) is 3.81. The number of nitrogens with one attached hydrogen (secondary N) is 1. The van der Waals surface area contributed by atoms with E-state index >= 15 is 0 Å². The molecule has 4 nitrogen and oxygen atoms in total. The molecule has 1 aliphatic heterocycles. The van der Waals surface area contributed by atoms with E-state index in [4.69, 9.17) is 4.74 Å². The Morgan fingerprint density at radius 2 is 1.90 bits per heavy atom. The molecular formula is C14H20ClIN2O2. The smallest absolute Gasteiger partial charge is 0.222 e. The zero-order valence-corrected chi connectivity index (χ0v) is 14.3. The van der Waals surface area contributed by atoms with Crippen LogP contribution in [-0.2, 0) is 4.79 Å². The van der Waals surface area contributed by atoms with Crippen LogP contribution < -0.4 is 10.1 Å². The number of ether oxygens (including phenoxy) is 1. The Labute approximate surface area is 139 Å². The summed E-state index contributed by atoms with van der Waals surface area (Å²) in [7, 11) is 0. The Balaban J connectivity index is 0.00000200. The Morgan fingerprint density at radius 3 is 2.55 bits per heavy atom. The van der Waals surface area contributed by atoms with Crippen LogP contribution in [0, 0.1) is 3.57 Å². The van der Waals surface area contributed by atoms with Gasteiger partial charge in [-0.1, -0.05) is 0 Å². The highest BCUT2D eigenvalue weighted by atomic mass is 127. The lowest BCUT2D eigenvalue weighted by atomic mass is 10.2. The number of halogens is 2. The number of carbonyl (C=O) groups excluding carboxylic acids is 1. The van der Waals surface area contributed by atoms with E-state index < -0.39 is 0 Å². The minimum Gasteiger partial charge on any atom is -0.494 e. The minimum absolute atomic E-state index is 0. The van der Waals surface area contributed by atoms with Gasteiger partial charge in [0.1, 0.15) is 5.75 Å². The van der Waals surface area contributed by atoms with Crippen LogP contribution >= 0.6 is 35.0 Å². The number of rotatable bonds is 5. The molecule has 0 unspecified atom stereocenters. The summed E-state index contributed by atoms with van der Waals surface area (Å²) in [4.78, 5) is 13.8. The second kappa shape index (κ2) is 9.41. The third-order valence-electron chi connectivity index (χ3n) is 3.09. The topological polar surface area (TPSA) is 41.6 Å². The number of nitrogens with zero attached hydrogens (tertiary/aromatic N) is 1. The number of amides is 1. The summed E-state index contributed by atoms with van der Waals surface area (Å²) in [5.74, 6) is 1.11. The highest BCUT2D eigenvalue weighted by Gasteiger charge is 2.15. The van der Waals surface area contributed by atoms with Gasteiger partial charge in [-0.25, -0.2) is 0 Å². The van der Waals surface area contributed by atoms with E-state index in [0.717, 1.165) is 38.3 Å². The summed E-state index contributed by atoms with van der Waals surface area (Å²) < 4.78 is 6.81. The molecule has 6 heteroatoms. The van der Waals surface area contributed by atoms with Crippen molar-refractivity contribution in [3.05, 3.63) is 27.8 Å². The summed E-state index contributed by atoms with van der Waals surface area (Å²) in [6.45, 7) is 4.07. The maximum absolute atomic E-state index is 11.9. The highest BCUT2D eigenvalue weighted by Crippen LogP contribution is 2.13. The summed E-state index contributed by atoms with van der Waals surface area (Å²) >= 11 is 2.26. The molecule has 1 N–H and O–H groups in total. The van der Waals surface area contributed by atoms with Crippen LogP contribution in [0.5, 0.6) is 5.75 Å². The van der Waals surface area contributed by atoms with E-state index in [2.05, 4.69) is 27.9 Å². The molecule has 0 radical (unpaired) electrons. The van der Waals surface area contributed by atoms with Gasteiger partial charge in [-0.2, -0.15) is 0 Å². The molecule has 0 bridgehead atoms. The van der Waals surface area contributed by atoms with Crippen LogP contribution in [0.3, 0.4) is 0 Å². The van der Waals surface area contributed by atoms with Gasteiger partial charge in [0.2, 0.25) is 5.91 Å². The normalized spacial score (nSPS) is 14.6. The average Bonchev–Trinajstić information content (AvgIpc) is 2.46. The third kappa shape index (κ3) is 5.85. The molecule has 1 aromatic rings. The van der Waals surface area contributed by atoms with Crippen LogP contribution in [0.15, 0.2) is 24.3 Å². The zero-order chi connectivity index (χ0) is 13.5. The second-order valence-corrected chi connectivity index (χ2v) is 5.78. The fraction of sp³-hybridized carbons (Fsp3) is 0.500. The molecule has 0 aliphatic carbocycles. The molecule has 1 aliphatic rings. The second-order valence-electron chi connectivity index (χ2n) is 4.54. The molecule has 1 amide bonds. The van der Waals surface area contributed by atoms with Crippen LogP contribution in [-0.4, -0.2) is 43.6 Å². The van der Waals surface area contributed by atoms with Gasteiger partial charge >= 0.3 is 0 Å². The molecule has 0 saturated carbocycles. The summed E-state index contributed by atoms with van der Waals surface area (Å²) in [6, 6.07) is 7.95. The van der Waals surface area contributed by atoms with Crippen molar-refractivity contribution in [2.75, 3.05) is 32.8 Å². The SMILES string of the molecule is Cl.O=C(CCCOc1ccc(I)cc1)N1CCNCC1. The molecule has 2 rings (SSSR count). The number of piperazine rings is 1. The van der Waals surface area contributed by atoms with Gasteiger partial charge in [-0.15, -0.1) is 12.4 Å². The van der Waals surface area contributed by atoms with Crippen molar-refractivity contribution in [3.63, 3.8) is 0 Å². The monoisotopic (exact) mass is 410 g/mol. The highest BCUT2D eigenvalue weighted by molar-refractivity contribution is 14.1. The van der Waals surface area contributed by atoms with Crippen LogP contribution in [0.25, 0.3) is 0 Å². The van der Waals surface area contributed by atoms with Crippen molar-refractivity contribution in [1.82, 2.24) is 10.2 Å². The van der Waals surface area contributed by atoms with E-state index in [1.54, 1.807) is 0 Å². The lowest BCUT2D eigenvalue weighted by molar-refractivity contribution is -0.132. The van der Waals surface area contributed by atoms with E-state index in [0.29, 0.717) is 13.0 Å². The Hall–Kier alpha value is -0.530. The van der Waals surface area contributed by atoms with Gasteiger partial charge in [-0.05, 0) is 53.3 Å². The van der Waals surface area contributed by atoms with E-state index in [9.17, 15) is 4.79 Å². The number of hydrogen-bond donors (Lipinski definition) is 1. The molecule has 1 heterocycles. The fourth-order valence-corrected chi connectivity index (χ4v) is 2.38. The van der Waals surface area contributed by atoms with Crippen LogP contribution in [0.2, 0.25) is 0 Å². The van der Waals surface area contributed by atoms with E-state index in [1.165, 1.54) is 3.57 Å².